The summed E-state index contributed by atoms with van der Waals surface area (Å²) in [5.41, 5.74) is 8.90. The lowest BCUT2D eigenvalue weighted by Gasteiger charge is -2.15. The van der Waals surface area contributed by atoms with Crippen LogP contribution in [0.15, 0.2) is 35.4 Å². The predicted molar refractivity (Wildman–Crippen MR) is 103 cm³/mol. The summed E-state index contributed by atoms with van der Waals surface area (Å²) < 4.78 is 5.35. The summed E-state index contributed by atoms with van der Waals surface area (Å²) in [5, 5.41) is 3.21. The molecule has 24 heavy (non-hydrogen) atoms. The van der Waals surface area contributed by atoms with Crippen molar-refractivity contribution in [3.8, 4) is 0 Å². The molecule has 0 bridgehead atoms. The zero-order valence-electron chi connectivity index (χ0n) is 14.3. The van der Waals surface area contributed by atoms with E-state index in [0.717, 1.165) is 32.2 Å². The monoisotopic (exact) mass is 362 g/mol. The molecule has 4 nitrogen and oxygen atoms in total. The lowest BCUT2D eigenvalue weighted by molar-refractivity contribution is -0.104. The van der Waals surface area contributed by atoms with Crippen LogP contribution in [0, 0.1) is 13.8 Å². The molecule has 6 heteroatoms. The van der Waals surface area contributed by atoms with Crippen LogP contribution in [0.5, 0.6) is 0 Å². The van der Waals surface area contributed by atoms with E-state index < -0.39 is 0 Å². The molecule has 2 aromatic rings. The second-order valence-corrected chi connectivity index (χ2v) is 7.88. The molecule has 0 saturated heterocycles. The van der Waals surface area contributed by atoms with Crippen LogP contribution in [0.25, 0.3) is 11.4 Å². The average Bonchev–Trinajstić information content (AvgIpc) is 3.17. The minimum atomic E-state index is 0.298. The molecule has 0 fully saturated rings. The first kappa shape index (κ1) is 18.4. The summed E-state index contributed by atoms with van der Waals surface area (Å²) in [5.74, 6) is 0. The number of carbonyl (C=O) groups is 1. The first-order valence-corrected chi connectivity index (χ1v) is 9.13. The van der Waals surface area contributed by atoms with E-state index in [4.69, 9.17) is 10.5 Å². The lowest BCUT2D eigenvalue weighted by atomic mass is 10.0. The van der Waals surface area contributed by atoms with Crippen LogP contribution in [-0.2, 0) is 9.53 Å². The van der Waals surface area contributed by atoms with Crippen LogP contribution in [0.3, 0.4) is 0 Å². The van der Waals surface area contributed by atoms with Gasteiger partial charge in [-0.25, -0.2) is 0 Å². The Hall–Kier alpha value is -1.89. The van der Waals surface area contributed by atoms with Gasteiger partial charge < -0.3 is 15.8 Å². The maximum atomic E-state index is 11.9. The SMILES string of the molecule is CN/C(=C(COC)\C(C=O)=C(/N)c1ccc(C)s1)c1ccc(C)s1. The molecule has 3 N–H and O–H groups in total. The molecule has 2 aromatic heterocycles. The first-order chi connectivity index (χ1) is 11.5. The number of hydrogen-bond acceptors (Lipinski definition) is 6. The molecule has 0 aliphatic carbocycles. The fraction of sp³-hybridized carbons (Fsp3) is 0.278. The number of aldehydes is 1. The minimum absolute atomic E-state index is 0.298. The summed E-state index contributed by atoms with van der Waals surface area (Å²) >= 11 is 3.23. The number of nitrogens with two attached hydrogens (primary N) is 1. The third kappa shape index (κ3) is 3.95. The van der Waals surface area contributed by atoms with E-state index in [1.54, 1.807) is 29.8 Å². The van der Waals surface area contributed by atoms with Crippen molar-refractivity contribution < 1.29 is 9.53 Å². The van der Waals surface area contributed by atoms with Crippen LogP contribution in [0.1, 0.15) is 19.5 Å². The minimum Gasteiger partial charge on any atom is -0.397 e. The van der Waals surface area contributed by atoms with Gasteiger partial charge in [0, 0.05) is 35.1 Å². The normalized spacial score (nSPS) is 13.3. The maximum Gasteiger partial charge on any atom is 0.152 e. The topological polar surface area (TPSA) is 64.3 Å². The van der Waals surface area contributed by atoms with E-state index in [1.165, 1.54) is 4.88 Å². The van der Waals surface area contributed by atoms with Crippen LogP contribution in [0.4, 0.5) is 0 Å². The highest BCUT2D eigenvalue weighted by atomic mass is 32.1. The fourth-order valence-corrected chi connectivity index (χ4v) is 4.22. The molecule has 0 saturated carbocycles. The van der Waals surface area contributed by atoms with Gasteiger partial charge in [-0.1, -0.05) is 0 Å². The number of carbonyl (C=O) groups excluding carboxylic acids is 1. The van der Waals surface area contributed by atoms with Gasteiger partial charge in [0.2, 0.25) is 0 Å². The van der Waals surface area contributed by atoms with E-state index in [-0.39, 0.29) is 0 Å². The van der Waals surface area contributed by atoms with Crippen molar-refractivity contribution in [3.63, 3.8) is 0 Å². The highest BCUT2D eigenvalue weighted by Gasteiger charge is 2.18. The van der Waals surface area contributed by atoms with Crippen molar-refractivity contribution in [2.75, 3.05) is 20.8 Å². The van der Waals surface area contributed by atoms with Gasteiger partial charge in [-0.15, -0.1) is 22.7 Å². The summed E-state index contributed by atoms with van der Waals surface area (Å²) in [7, 11) is 3.45. The van der Waals surface area contributed by atoms with Crippen LogP contribution >= 0.6 is 22.7 Å². The van der Waals surface area contributed by atoms with Gasteiger partial charge in [-0.3, -0.25) is 4.79 Å². The molecule has 0 amide bonds. The summed E-state index contributed by atoms with van der Waals surface area (Å²) in [6, 6.07) is 8.03. The van der Waals surface area contributed by atoms with Crippen molar-refractivity contribution >= 4 is 40.4 Å². The second-order valence-electron chi connectivity index (χ2n) is 5.30. The molecule has 2 heterocycles. The van der Waals surface area contributed by atoms with Crippen molar-refractivity contribution in [2.45, 2.75) is 13.8 Å². The molecule has 0 unspecified atom stereocenters. The highest BCUT2D eigenvalue weighted by Crippen LogP contribution is 2.30. The largest absolute Gasteiger partial charge is 0.397 e. The molecule has 128 valence electrons. The molecule has 0 radical (unpaired) electrons. The van der Waals surface area contributed by atoms with Gasteiger partial charge in [0.25, 0.3) is 0 Å². The molecule has 0 aliphatic rings. The van der Waals surface area contributed by atoms with E-state index in [0.29, 0.717) is 17.9 Å². The Morgan fingerprint density at radius 2 is 1.75 bits per heavy atom. The molecule has 0 aliphatic heterocycles. The standard InChI is InChI=1S/C18H22N2O2S2/c1-11-5-7-15(23-11)17(19)13(9-21)14(10-22-4)18(20-3)16-8-6-12(2)24-16/h5-9,20H,10,19H2,1-4H3/b17-13-,18-14-. The Morgan fingerprint density at radius 3 is 2.17 bits per heavy atom. The Bertz CT molecular complexity index is 785. The van der Waals surface area contributed by atoms with Crippen molar-refractivity contribution in [2.24, 2.45) is 5.73 Å². The van der Waals surface area contributed by atoms with Gasteiger partial charge >= 0.3 is 0 Å². The molecular weight excluding hydrogens is 340 g/mol. The highest BCUT2D eigenvalue weighted by molar-refractivity contribution is 7.13. The number of methoxy groups -OCH3 is 1. The zero-order chi connectivity index (χ0) is 17.7. The van der Waals surface area contributed by atoms with E-state index in [9.17, 15) is 4.79 Å². The van der Waals surface area contributed by atoms with E-state index >= 15 is 0 Å². The average molecular weight is 363 g/mol. The predicted octanol–water partition coefficient (Wildman–Crippen LogP) is 3.57. The molecule has 0 atom stereocenters. The Balaban J connectivity index is 2.65. The summed E-state index contributed by atoms with van der Waals surface area (Å²) in [4.78, 5) is 16.1. The van der Waals surface area contributed by atoms with Gasteiger partial charge in [0.15, 0.2) is 6.29 Å². The number of aryl methyl sites for hydroxylation is 2. The molecule has 0 aromatic carbocycles. The van der Waals surface area contributed by atoms with Gasteiger partial charge in [-0.05, 0) is 38.1 Å². The van der Waals surface area contributed by atoms with Gasteiger partial charge in [-0.2, -0.15) is 0 Å². The summed E-state index contributed by atoms with van der Waals surface area (Å²) in [6.45, 7) is 4.37. The molecular formula is C18H22N2O2S2. The van der Waals surface area contributed by atoms with Crippen LogP contribution in [0.2, 0.25) is 0 Å². The zero-order valence-corrected chi connectivity index (χ0v) is 15.9. The number of rotatable bonds is 7. The number of nitrogens with one attached hydrogen (secondary N) is 1. The smallest absolute Gasteiger partial charge is 0.152 e. The Morgan fingerprint density at radius 1 is 1.17 bits per heavy atom. The molecule has 0 spiro atoms. The number of ether oxygens (including phenoxy) is 1. The van der Waals surface area contributed by atoms with Crippen molar-refractivity contribution in [1.82, 2.24) is 5.32 Å². The maximum absolute atomic E-state index is 11.9. The first-order valence-electron chi connectivity index (χ1n) is 7.50. The number of hydrogen-bond donors (Lipinski definition) is 2. The third-order valence-electron chi connectivity index (χ3n) is 3.57. The fourth-order valence-electron chi connectivity index (χ4n) is 2.43. The molecule has 2 rings (SSSR count). The quantitative estimate of drug-likeness (QED) is 0.449. The Kier molecular flexibility index (Phi) is 6.36. The van der Waals surface area contributed by atoms with Crippen molar-refractivity contribution in [3.05, 3.63) is 54.9 Å². The van der Waals surface area contributed by atoms with Crippen LogP contribution in [-0.4, -0.2) is 27.1 Å². The van der Waals surface area contributed by atoms with Crippen LogP contribution < -0.4 is 11.1 Å². The third-order valence-corrected chi connectivity index (χ3v) is 5.62. The summed E-state index contributed by atoms with van der Waals surface area (Å²) in [6.07, 6.45) is 0.816. The lowest BCUT2D eigenvalue weighted by Crippen LogP contribution is -2.15. The van der Waals surface area contributed by atoms with Crippen molar-refractivity contribution in [1.29, 1.82) is 0 Å². The second kappa shape index (κ2) is 8.28. The van der Waals surface area contributed by atoms with E-state index in [1.807, 2.05) is 32.2 Å². The number of thiophene rings is 2. The van der Waals surface area contributed by atoms with E-state index in [2.05, 4.69) is 18.3 Å². The van der Waals surface area contributed by atoms with Gasteiger partial charge in [0.1, 0.15) is 0 Å². The van der Waals surface area contributed by atoms with Gasteiger partial charge in [0.05, 0.1) is 27.8 Å². The Labute approximate surface area is 150 Å².